The van der Waals surface area contributed by atoms with Gasteiger partial charge in [-0.05, 0) is 36.5 Å². The van der Waals surface area contributed by atoms with Crippen LogP contribution in [0.2, 0.25) is 0 Å². The van der Waals surface area contributed by atoms with E-state index in [1.807, 2.05) is 25.1 Å². The van der Waals surface area contributed by atoms with E-state index in [1.165, 1.54) is 0 Å². The molecule has 0 amide bonds. The number of aromatic nitrogens is 2. The molecule has 3 heterocycles. The molecule has 1 aromatic carbocycles. The maximum atomic E-state index is 9.72. The molecule has 0 spiro atoms. The lowest BCUT2D eigenvalue weighted by Crippen LogP contribution is -2.38. The monoisotopic (exact) mass is 365 g/mol. The maximum Gasteiger partial charge on any atom is 0.491 e. The second-order valence-electron chi connectivity index (χ2n) is 6.78. The number of fused-ring (bicyclic) bond motifs is 1. The van der Waals surface area contributed by atoms with Crippen molar-refractivity contribution in [2.45, 2.75) is 26.0 Å². The highest BCUT2D eigenvalue weighted by Gasteiger charge is 2.28. The lowest BCUT2D eigenvalue weighted by atomic mass is 9.79. The van der Waals surface area contributed by atoms with Gasteiger partial charge in [-0.3, -0.25) is 0 Å². The Morgan fingerprint density at radius 1 is 1.41 bits per heavy atom. The van der Waals surface area contributed by atoms with Gasteiger partial charge in [-0.15, -0.1) is 0 Å². The Kier molecular flexibility index (Phi) is 4.94. The van der Waals surface area contributed by atoms with Crippen LogP contribution in [0.25, 0.3) is 0 Å². The van der Waals surface area contributed by atoms with Gasteiger partial charge < -0.3 is 25.0 Å². The van der Waals surface area contributed by atoms with E-state index in [0.29, 0.717) is 38.0 Å². The minimum Gasteiger partial charge on any atom is -0.423 e. The summed E-state index contributed by atoms with van der Waals surface area (Å²) >= 11 is 0. The SMILES string of the molecule is Cc1cnc(Nc2ccc3c(c2)COB3O)nc1NC1COCC[C@@H]1C#N. The number of anilines is 3. The Hall–Kier alpha value is -2.67. The van der Waals surface area contributed by atoms with E-state index in [2.05, 4.69) is 26.7 Å². The molecule has 8 nitrogen and oxygen atoms in total. The van der Waals surface area contributed by atoms with E-state index in [9.17, 15) is 10.3 Å². The molecule has 2 aromatic rings. The molecule has 1 fully saturated rings. The molecule has 4 rings (SSSR count). The molecule has 138 valence electrons. The van der Waals surface area contributed by atoms with Crippen LogP contribution < -0.4 is 16.1 Å². The van der Waals surface area contributed by atoms with Gasteiger partial charge in [-0.1, -0.05) is 6.07 Å². The fourth-order valence-corrected chi connectivity index (χ4v) is 3.30. The Bertz CT molecular complexity index is 888. The van der Waals surface area contributed by atoms with Crippen LogP contribution in [0.4, 0.5) is 17.5 Å². The predicted molar refractivity (Wildman–Crippen MR) is 101 cm³/mol. The van der Waals surface area contributed by atoms with Gasteiger partial charge in [-0.2, -0.15) is 10.2 Å². The molecule has 0 aliphatic carbocycles. The Morgan fingerprint density at radius 3 is 3.15 bits per heavy atom. The molecule has 2 atom stereocenters. The second kappa shape index (κ2) is 7.52. The molecule has 2 aliphatic rings. The van der Waals surface area contributed by atoms with Gasteiger partial charge in [0.15, 0.2) is 0 Å². The largest absolute Gasteiger partial charge is 0.491 e. The fraction of sp³-hybridized carbons (Fsp3) is 0.389. The van der Waals surface area contributed by atoms with Crippen LogP contribution in [-0.4, -0.2) is 41.4 Å². The number of benzene rings is 1. The molecule has 0 saturated carbocycles. The van der Waals surface area contributed by atoms with Gasteiger partial charge >= 0.3 is 7.12 Å². The van der Waals surface area contributed by atoms with Crippen LogP contribution in [-0.2, 0) is 16.0 Å². The maximum absolute atomic E-state index is 9.72. The summed E-state index contributed by atoms with van der Waals surface area (Å²) in [5.74, 6) is 1.03. The molecule has 2 aliphatic heterocycles. The molecule has 3 N–H and O–H groups in total. The molecule has 9 heteroatoms. The smallest absolute Gasteiger partial charge is 0.423 e. The summed E-state index contributed by atoms with van der Waals surface area (Å²) in [4.78, 5) is 8.90. The number of nitrogens with one attached hydrogen (secondary N) is 2. The first kappa shape index (κ1) is 17.7. The van der Waals surface area contributed by atoms with Crippen molar-refractivity contribution < 1.29 is 14.4 Å². The first-order valence-electron chi connectivity index (χ1n) is 8.91. The van der Waals surface area contributed by atoms with E-state index in [-0.39, 0.29) is 12.0 Å². The quantitative estimate of drug-likeness (QED) is 0.691. The van der Waals surface area contributed by atoms with Crippen molar-refractivity contribution in [3.05, 3.63) is 35.5 Å². The molecule has 27 heavy (non-hydrogen) atoms. The highest BCUT2D eigenvalue weighted by Crippen LogP contribution is 2.23. The summed E-state index contributed by atoms with van der Waals surface area (Å²) in [6.45, 7) is 3.40. The third-order valence-electron chi connectivity index (χ3n) is 4.88. The number of rotatable bonds is 4. The molecule has 0 radical (unpaired) electrons. The first-order chi connectivity index (χ1) is 13.1. The summed E-state index contributed by atoms with van der Waals surface area (Å²) in [5, 5.41) is 25.6. The van der Waals surface area contributed by atoms with Gasteiger partial charge in [0, 0.05) is 24.1 Å². The number of nitrogens with zero attached hydrogens (tertiary/aromatic N) is 3. The third kappa shape index (κ3) is 3.73. The van der Waals surface area contributed by atoms with Crippen LogP contribution in [0.15, 0.2) is 24.4 Å². The van der Waals surface area contributed by atoms with Gasteiger partial charge in [0.05, 0.1) is 31.2 Å². The van der Waals surface area contributed by atoms with Crippen LogP contribution in [0.5, 0.6) is 0 Å². The lowest BCUT2D eigenvalue weighted by Gasteiger charge is -2.28. The van der Waals surface area contributed by atoms with Crippen LogP contribution in [0, 0.1) is 24.2 Å². The van der Waals surface area contributed by atoms with Crippen LogP contribution >= 0.6 is 0 Å². The summed E-state index contributed by atoms with van der Waals surface area (Å²) in [6.07, 6.45) is 2.45. The second-order valence-corrected chi connectivity index (χ2v) is 6.78. The van der Waals surface area contributed by atoms with E-state index in [0.717, 1.165) is 22.3 Å². The van der Waals surface area contributed by atoms with E-state index < -0.39 is 7.12 Å². The number of nitriles is 1. The number of ether oxygens (including phenoxy) is 1. The standard InChI is InChI=1S/C18H20BN5O3/c1-11-8-21-18(22-14-2-3-15-13(6-14)9-27-19(15)25)24-17(11)23-16-10-26-5-4-12(16)7-20/h2-3,6,8,12,16,25H,4-5,9-10H2,1H3,(H2,21,22,23,24)/t12-,16?/m1/s1. The summed E-state index contributed by atoms with van der Waals surface area (Å²) < 4.78 is 10.7. The van der Waals surface area contributed by atoms with Crippen molar-refractivity contribution in [3.8, 4) is 6.07 Å². The lowest BCUT2D eigenvalue weighted by molar-refractivity contribution is 0.0698. The summed E-state index contributed by atoms with van der Waals surface area (Å²) in [7, 11) is -0.855. The minimum atomic E-state index is -0.855. The molecule has 0 bridgehead atoms. The van der Waals surface area contributed by atoms with Gasteiger partial charge in [0.2, 0.25) is 5.95 Å². The zero-order valence-electron chi connectivity index (χ0n) is 15.0. The van der Waals surface area contributed by atoms with Gasteiger partial charge in [-0.25, -0.2) is 4.98 Å². The molecular formula is C18H20BN5O3. The van der Waals surface area contributed by atoms with Crippen LogP contribution in [0.3, 0.4) is 0 Å². The Morgan fingerprint density at radius 2 is 2.30 bits per heavy atom. The van der Waals surface area contributed by atoms with Crippen molar-refractivity contribution in [2.24, 2.45) is 5.92 Å². The summed E-state index contributed by atoms with van der Waals surface area (Å²) in [6, 6.07) is 7.86. The fourth-order valence-electron chi connectivity index (χ4n) is 3.30. The number of hydrogen-bond acceptors (Lipinski definition) is 8. The molecule has 1 aromatic heterocycles. The Labute approximate surface area is 157 Å². The van der Waals surface area contributed by atoms with E-state index >= 15 is 0 Å². The van der Waals surface area contributed by atoms with Crippen molar-refractivity contribution in [3.63, 3.8) is 0 Å². The van der Waals surface area contributed by atoms with Gasteiger partial charge in [0.1, 0.15) is 5.82 Å². The molecule has 1 unspecified atom stereocenters. The zero-order valence-corrected chi connectivity index (χ0v) is 15.0. The minimum absolute atomic E-state index is 0.0937. The Balaban J connectivity index is 1.51. The first-order valence-corrected chi connectivity index (χ1v) is 8.91. The van der Waals surface area contributed by atoms with E-state index in [1.54, 1.807) is 6.20 Å². The number of aryl methyl sites for hydroxylation is 1. The van der Waals surface area contributed by atoms with Crippen molar-refractivity contribution >= 4 is 30.0 Å². The predicted octanol–water partition coefficient (Wildman–Crippen LogP) is 1.09. The van der Waals surface area contributed by atoms with Crippen molar-refractivity contribution in [1.82, 2.24) is 9.97 Å². The van der Waals surface area contributed by atoms with E-state index in [4.69, 9.17) is 9.39 Å². The molecule has 1 saturated heterocycles. The third-order valence-corrected chi connectivity index (χ3v) is 4.88. The normalized spacial score (nSPS) is 21.4. The summed E-state index contributed by atoms with van der Waals surface area (Å²) in [5.41, 5.74) is 3.44. The van der Waals surface area contributed by atoms with Crippen molar-refractivity contribution in [1.29, 1.82) is 5.26 Å². The topological polar surface area (TPSA) is 112 Å². The highest BCUT2D eigenvalue weighted by molar-refractivity contribution is 6.61. The van der Waals surface area contributed by atoms with Crippen molar-refractivity contribution in [2.75, 3.05) is 23.8 Å². The van der Waals surface area contributed by atoms with Crippen LogP contribution in [0.1, 0.15) is 17.5 Å². The molecular weight excluding hydrogens is 345 g/mol. The number of hydrogen-bond donors (Lipinski definition) is 3. The highest BCUT2D eigenvalue weighted by atomic mass is 16.5. The average Bonchev–Trinajstić information content (AvgIpc) is 3.05. The average molecular weight is 365 g/mol. The zero-order chi connectivity index (χ0) is 18.8. The van der Waals surface area contributed by atoms with Gasteiger partial charge in [0.25, 0.3) is 0 Å².